The van der Waals surface area contributed by atoms with Gasteiger partial charge in [0.25, 0.3) is 0 Å². The summed E-state index contributed by atoms with van der Waals surface area (Å²) in [5.41, 5.74) is 6.41. The van der Waals surface area contributed by atoms with Crippen molar-refractivity contribution in [1.29, 1.82) is 0 Å². The molecular weight excluding hydrogens is 176 g/mol. The minimum atomic E-state index is 0.499. The number of nitrogens with zero attached hydrogens (tertiary/aromatic N) is 2. The minimum Gasteiger partial charge on any atom is -0.396 e. The van der Waals surface area contributed by atoms with E-state index in [1.807, 2.05) is 10.9 Å². The summed E-state index contributed by atoms with van der Waals surface area (Å²) >= 11 is 0. The van der Waals surface area contributed by atoms with Gasteiger partial charge in [0.15, 0.2) is 0 Å². The van der Waals surface area contributed by atoms with Gasteiger partial charge >= 0.3 is 0 Å². The van der Waals surface area contributed by atoms with Crippen molar-refractivity contribution in [2.24, 2.45) is 0 Å². The van der Waals surface area contributed by atoms with Crippen LogP contribution in [0.25, 0.3) is 0 Å². The first kappa shape index (κ1) is 9.52. The normalized spacial score (nSPS) is 33.1. The summed E-state index contributed by atoms with van der Waals surface area (Å²) in [6, 6.07) is 1.63. The van der Waals surface area contributed by atoms with Gasteiger partial charge < -0.3 is 11.1 Å². The van der Waals surface area contributed by atoms with Crippen molar-refractivity contribution in [3.8, 4) is 0 Å². The number of rotatable bonds is 1. The summed E-state index contributed by atoms with van der Waals surface area (Å²) in [4.78, 5) is 0. The molecule has 78 valence electrons. The first-order valence-corrected chi connectivity index (χ1v) is 5.21. The first-order valence-electron chi connectivity index (χ1n) is 5.21. The Morgan fingerprint density at radius 3 is 2.57 bits per heavy atom. The third-order valence-corrected chi connectivity index (χ3v) is 2.82. The summed E-state index contributed by atoms with van der Waals surface area (Å²) in [5, 5.41) is 7.79. The fraction of sp³-hybridized carbons (Fsp3) is 0.700. The lowest BCUT2D eigenvalue weighted by atomic mass is 9.96. The highest BCUT2D eigenvalue weighted by Crippen LogP contribution is 2.24. The zero-order chi connectivity index (χ0) is 10.1. The Kier molecular flexibility index (Phi) is 2.46. The van der Waals surface area contributed by atoms with Gasteiger partial charge in [-0.3, -0.25) is 4.68 Å². The maximum absolute atomic E-state index is 5.66. The van der Waals surface area contributed by atoms with E-state index in [2.05, 4.69) is 24.3 Å². The van der Waals surface area contributed by atoms with Gasteiger partial charge in [0.05, 0.1) is 17.9 Å². The van der Waals surface area contributed by atoms with Gasteiger partial charge in [0, 0.05) is 18.3 Å². The summed E-state index contributed by atoms with van der Waals surface area (Å²) in [6.45, 7) is 4.44. The molecule has 0 aliphatic carbocycles. The Labute approximate surface area is 84.5 Å². The number of nitrogen functional groups attached to an aromatic ring is 1. The lowest BCUT2D eigenvalue weighted by Crippen LogP contribution is -2.43. The molecule has 1 saturated heterocycles. The standard InChI is InChI=1S/C10H18N4/c1-7-3-10(4-8(2)13-7)14-6-9(11)5-12-14/h5-8,10,13H,3-4,11H2,1-2H3/t7-,8+,10+. The molecule has 4 heteroatoms. The maximum atomic E-state index is 5.66. The van der Waals surface area contributed by atoms with Crippen LogP contribution in [0.1, 0.15) is 32.7 Å². The predicted molar refractivity (Wildman–Crippen MR) is 57.0 cm³/mol. The average Bonchev–Trinajstić information content (AvgIpc) is 2.50. The fourth-order valence-electron chi connectivity index (χ4n) is 2.30. The van der Waals surface area contributed by atoms with Crippen LogP contribution in [0.3, 0.4) is 0 Å². The molecule has 1 aliphatic heterocycles. The molecule has 0 spiro atoms. The van der Waals surface area contributed by atoms with E-state index in [4.69, 9.17) is 5.73 Å². The number of piperidine rings is 1. The highest BCUT2D eigenvalue weighted by atomic mass is 15.3. The Morgan fingerprint density at radius 1 is 1.43 bits per heavy atom. The summed E-state index contributed by atoms with van der Waals surface area (Å²) in [7, 11) is 0. The van der Waals surface area contributed by atoms with Crippen LogP contribution in [0.15, 0.2) is 12.4 Å². The van der Waals surface area contributed by atoms with Gasteiger partial charge in [-0.2, -0.15) is 5.10 Å². The third kappa shape index (κ3) is 1.90. The van der Waals surface area contributed by atoms with Crippen molar-refractivity contribution in [2.75, 3.05) is 5.73 Å². The van der Waals surface area contributed by atoms with Gasteiger partial charge in [-0.25, -0.2) is 0 Å². The average molecular weight is 194 g/mol. The van der Waals surface area contributed by atoms with E-state index in [0.29, 0.717) is 18.1 Å². The third-order valence-electron chi connectivity index (χ3n) is 2.82. The highest BCUT2D eigenvalue weighted by Gasteiger charge is 2.24. The van der Waals surface area contributed by atoms with E-state index in [0.717, 1.165) is 18.5 Å². The van der Waals surface area contributed by atoms with Crippen molar-refractivity contribution in [2.45, 2.75) is 44.8 Å². The van der Waals surface area contributed by atoms with E-state index < -0.39 is 0 Å². The molecule has 0 amide bonds. The minimum absolute atomic E-state index is 0.499. The van der Waals surface area contributed by atoms with E-state index in [9.17, 15) is 0 Å². The maximum Gasteiger partial charge on any atom is 0.0719 e. The molecule has 3 atom stereocenters. The number of hydrogen-bond acceptors (Lipinski definition) is 3. The van der Waals surface area contributed by atoms with Crippen molar-refractivity contribution in [1.82, 2.24) is 15.1 Å². The lowest BCUT2D eigenvalue weighted by molar-refractivity contribution is 0.250. The number of nitrogens with two attached hydrogens (primary N) is 1. The van der Waals surface area contributed by atoms with Crippen LogP contribution in [0.2, 0.25) is 0 Å². The highest BCUT2D eigenvalue weighted by molar-refractivity contribution is 5.30. The molecular formula is C10H18N4. The summed E-state index contributed by atoms with van der Waals surface area (Å²) in [5.74, 6) is 0. The van der Waals surface area contributed by atoms with Crippen LogP contribution >= 0.6 is 0 Å². The zero-order valence-corrected chi connectivity index (χ0v) is 8.77. The molecule has 1 aromatic rings. The van der Waals surface area contributed by atoms with Crippen LogP contribution in [-0.4, -0.2) is 21.9 Å². The molecule has 0 aromatic carbocycles. The molecule has 3 N–H and O–H groups in total. The molecule has 0 bridgehead atoms. The number of nitrogens with one attached hydrogen (secondary N) is 1. The summed E-state index contributed by atoms with van der Waals surface area (Å²) < 4.78 is 2.00. The smallest absolute Gasteiger partial charge is 0.0719 e. The van der Waals surface area contributed by atoms with Gasteiger partial charge in [-0.15, -0.1) is 0 Å². The van der Waals surface area contributed by atoms with Gasteiger partial charge in [-0.1, -0.05) is 0 Å². The SMILES string of the molecule is C[C@@H]1C[C@H](n2cc(N)cn2)C[C@H](C)N1. The predicted octanol–water partition coefficient (Wildman–Crippen LogP) is 1.17. The molecule has 1 aliphatic rings. The molecule has 0 saturated carbocycles. The van der Waals surface area contributed by atoms with Crippen molar-refractivity contribution < 1.29 is 0 Å². The van der Waals surface area contributed by atoms with Crippen molar-refractivity contribution in [3.63, 3.8) is 0 Å². The first-order chi connectivity index (χ1) is 6.65. The van der Waals surface area contributed by atoms with Gasteiger partial charge in [-0.05, 0) is 26.7 Å². The Bertz CT molecular complexity index is 297. The molecule has 0 radical (unpaired) electrons. The number of aromatic nitrogens is 2. The van der Waals surface area contributed by atoms with Crippen LogP contribution in [0.4, 0.5) is 5.69 Å². The topological polar surface area (TPSA) is 55.9 Å². The van der Waals surface area contributed by atoms with E-state index >= 15 is 0 Å². The molecule has 2 rings (SSSR count). The van der Waals surface area contributed by atoms with Crippen LogP contribution in [0, 0.1) is 0 Å². The monoisotopic (exact) mass is 194 g/mol. The number of hydrogen-bond donors (Lipinski definition) is 2. The second kappa shape index (κ2) is 3.61. The van der Waals surface area contributed by atoms with Gasteiger partial charge in [0.2, 0.25) is 0 Å². The van der Waals surface area contributed by atoms with Crippen molar-refractivity contribution >= 4 is 5.69 Å². The Morgan fingerprint density at radius 2 is 2.07 bits per heavy atom. The zero-order valence-electron chi connectivity index (χ0n) is 8.77. The molecule has 14 heavy (non-hydrogen) atoms. The molecule has 1 aromatic heterocycles. The Hall–Kier alpha value is -1.03. The molecule has 0 unspecified atom stereocenters. The summed E-state index contributed by atoms with van der Waals surface area (Å²) in [6.07, 6.45) is 5.91. The lowest BCUT2D eigenvalue weighted by Gasteiger charge is -2.32. The quantitative estimate of drug-likeness (QED) is 0.705. The van der Waals surface area contributed by atoms with Crippen LogP contribution < -0.4 is 11.1 Å². The second-order valence-corrected chi connectivity index (χ2v) is 4.35. The van der Waals surface area contributed by atoms with Crippen LogP contribution in [-0.2, 0) is 0 Å². The molecule has 4 nitrogen and oxygen atoms in total. The second-order valence-electron chi connectivity index (χ2n) is 4.35. The largest absolute Gasteiger partial charge is 0.396 e. The van der Waals surface area contributed by atoms with E-state index in [1.165, 1.54) is 0 Å². The van der Waals surface area contributed by atoms with Crippen LogP contribution in [0.5, 0.6) is 0 Å². The van der Waals surface area contributed by atoms with Crippen molar-refractivity contribution in [3.05, 3.63) is 12.4 Å². The van der Waals surface area contributed by atoms with E-state index in [1.54, 1.807) is 6.20 Å². The molecule has 1 fully saturated rings. The van der Waals surface area contributed by atoms with Gasteiger partial charge in [0.1, 0.15) is 0 Å². The molecule has 2 heterocycles. The fourth-order valence-corrected chi connectivity index (χ4v) is 2.30. The van der Waals surface area contributed by atoms with E-state index in [-0.39, 0.29) is 0 Å². The number of anilines is 1. The Balaban J connectivity index is 2.10.